The van der Waals surface area contributed by atoms with Crippen LogP contribution in [-0.2, 0) is 9.53 Å². The monoisotopic (exact) mass is 402 g/mol. The molecule has 0 aliphatic carbocycles. The molecule has 0 spiro atoms. The molecule has 1 N–H and O–H groups in total. The molecule has 5 heteroatoms. The number of hydrogen-bond acceptors (Lipinski definition) is 3. The second-order valence-corrected chi connectivity index (χ2v) is 8.39. The molecule has 0 radical (unpaired) electrons. The van der Waals surface area contributed by atoms with E-state index in [1.54, 1.807) is 0 Å². The summed E-state index contributed by atoms with van der Waals surface area (Å²) in [5, 5.41) is 1.03. The lowest BCUT2D eigenvalue weighted by Crippen LogP contribution is -2.50. The van der Waals surface area contributed by atoms with Crippen LogP contribution in [0, 0.1) is 11.8 Å². The lowest BCUT2D eigenvalue weighted by molar-refractivity contribution is -0.152. The molecule has 154 valence electrons. The second kappa shape index (κ2) is 7.73. The summed E-state index contributed by atoms with van der Waals surface area (Å²) in [6, 6.07) is 19.8. The van der Waals surface area contributed by atoms with Crippen LogP contribution < -0.4 is 0 Å². The summed E-state index contributed by atoms with van der Waals surface area (Å²) in [6.07, 6.45) is 1.39. The molecule has 2 saturated heterocycles. The number of carbonyl (C=O) groups is 2. The number of nitrogens with zero attached hydrogens (tertiary/aromatic N) is 1. The Morgan fingerprint density at radius 1 is 1.13 bits per heavy atom. The first-order chi connectivity index (χ1) is 14.7. The predicted molar refractivity (Wildman–Crippen MR) is 115 cm³/mol. The van der Waals surface area contributed by atoms with Crippen molar-refractivity contribution in [2.45, 2.75) is 38.5 Å². The van der Waals surface area contributed by atoms with Gasteiger partial charge >= 0.3 is 0 Å². The van der Waals surface area contributed by atoms with E-state index in [2.05, 4.69) is 24.0 Å². The number of H-pyrrole nitrogens is 1. The Bertz CT molecular complexity index is 1040. The fourth-order valence-corrected chi connectivity index (χ4v) is 5.15. The van der Waals surface area contributed by atoms with Gasteiger partial charge in [0.25, 0.3) is 0 Å². The highest BCUT2D eigenvalue weighted by Gasteiger charge is 2.49. The number of ketones is 1. The van der Waals surface area contributed by atoms with Crippen LogP contribution in [0.3, 0.4) is 0 Å². The first kappa shape index (κ1) is 19.1. The van der Waals surface area contributed by atoms with Gasteiger partial charge in [0.1, 0.15) is 6.23 Å². The van der Waals surface area contributed by atoms with Gasteiger partial charge in [0.2, 0.25) is 5.91 Å². The Labute approximate surface area is 176 Å². The van der Waals surface area contributed by atoms with Crippen LogP contribution in [0.25, 0.3) is 10.9 Å². The van der Waals surface area contributed by atoms with E-state index in [0.717, 1.165) is 22.9 Å². The highest BCUT2D eigenvalue weighted by Crippen LogP contribution is 2.43. The maximum atomic E-state index is 13.1. The normalized spacial score (nSPS) is 26.2. The van der Waals surface area contributed by atoms with Crippen LogP contribution in [0.15, 0.2) is 60.7 Å². The molecule has 3 aromatic rings. The predicted octanol–water partition coefficient (Wildman–Crippen LogP) is 4.71. The van der Waals surface area contributed by atoms with Crippen molar-refractivity contribution in [3.05, 3.63) is 71.9 Å². The van der Waals surface area contributed by atoms with Crippen molar-refractivity contribution in [3.8, 4) is 0 Å². The number of carbonyl (C=O) groups excluding carboxylic acids is 2. The molecule has 0 unspecified atom stereocenters. The Morgan fingerprint density at radius 3 is 2.67 bits per heavy atom. The Morgan fingerprint density at radius 2 is 1.90 bits per heavy atom. The number of amides is 1. The zero-order valence-corrected chi connectivity index (χ0v) is 17.1. The van der Waals surface area contributed by atoms with Gasteiger partial charge in [-0.15, -0.1) is 0 Å². The highest BCUT2D eigenvalue weighted by atomic mass is 16.5. The zero-order valence-electron chi connectivity index (χ0n) is 17.1. The summed E-state index contributed by atoms with van der Waals surface area (Å²) in [5.41, 5.74) is 2.69. The lowest BCUT2D eigenvalue weighted by atomic mass is 9.78. The molecule has 0 saturated carbocycles. The van der Waals surface area contributed by atoms with Gasteiger partial charge in [-0.25, -0.2) is 0 Å². The van der Waals surface area contributed by atoms with Gasteiger partial charge in [0.05, 0.1) is 18.3 Å². The number of nitrogens with one attached hydrogen (secondary N) is 1. The minimum Gasteiger partial charge on any atom is -0.355 e. The van der Waals surface area contributed by atoms with Crippen molar-refractivity contribution >= 4 is 22.6 Å². The molecule has 2 aliphatic heterocycles. The van der Waals surface area contributed by atoms with E-state index in [0.29, 0.717) is 25.1 Å². The molecule has 2 aliphatic rings. The molecule has 4 atom stereocenters. The van der Waals surface area contributed by atoms with Gasteiger partial charge in [0, 0.05) is 29.7 Å². The van der Waals surface area contributed by atoms with Crippen molar-refractivity contribution in [2.75, 3.05) is 6.61 Å². The number of hydrogen-bond donors (Lipinski definition) is 1. The van der Waals surface area contributed by atoms with Crippen LogP contribution >= 0.6 is 0 Å². The number of rotatable bonds is 5. The van der Waals surface area contributed by atoms with Crippen molar-refractivity contribution in [2.24, 2.45) is 11.8 Å². The largest absolute Gasteiger partial charge is 0.355 e. The van der Waals surface area contributed by atoms with Crippen LogP contribution in [0.4, 0.5) is 0 Å². The molecule has 1 amide bonds. The average molecular weight is 402 g/mol. The SMILES string of the molecule is CC[C@H]1[C@@H](CC(=O)c2cc3ccccc3[nH]2)CC(=O)N2[C@@H]1OC[C@H]2c1ccccc1. The minimum absolute atomic E-state index is 0.00261. The number of aromatic amines is 1. The number of piperidine rings is 1. The van der Waals surface area contributed by atoms with Gasteiger partial charge in [-0.1, -0.05) is 55.5 Å². The highest BCUT2D eigenvalue weighted by molar-refractivity contribution is 5.99. The molecular formula is C25H26N2O3. The maximum Gasteiger partial charge on any atom is 0.225 e. The number of para-hydroxylation sites is 1. The summed E-state index contributed by atoms with van der Waals surface area (Å²) in [7, 11) is 0. The van der Waals surface area contributed by atoms with E-state index in [4.69, 9.17) is 4.74 Å². The van der Waals surface area contributed by atoms with E-state index >= 15 is 0 Å². The molecule has 5 nitrogen and oxygen atoms in total. The lowest BCUT2D eigenvalue weighted by Gasteiger charge is -2.42. The quantitative estimate of drug-likeness (QED) is 0.629. The van der Waals surface area contributed by atoms with Gasteiger partial charge < -0.3 is 14.6 Å². The standard InChI is InChI=1S/C25H26N2O3/c1-2-19-18(13-23(28)21-12-17-10-6-7-11-20(17)26-21)14-24(29)27-22(15-30-25(19)27)16-8-4-3-5-9-16/h3-12,18-19,22,25-26H,2,13-15H2,1H3/t18-,19-,22-,25+/m0/s1. The summed E-state index contributed by atoms with van der Waals surface area (Å²) < 4.78 is 6.15. The number of benzene rings is 2. The number of Topliss-reactive ketones (excluding diaryl/α,β-unsaturated/α-hetero) is 1. The third-order valence-electron chi connectivity index (χ3n) is 6.67. The fraction of sp³-hybridized carbons (Fsp3) is 0.360. The van der Waals surface area contributed by atoms with Crippen molar-refractivity contribution in [3.63, 3.8) is 0 Å². The molecule has 1 aromatic heterocycles. The average Bonchev–Trinajstić information content (AvgIpc) is 3.40. The van der Waals surface area contributed by atoms with E-state index in [-0.39, 0.29) is 35.8 Å². The maximum absolute atomic E-state index is 13.1. The molecule has 2 aromatic carbocycles. The van der Waals surface area contributed by atoms with E-state index in [1.165, 1.54) is 0 Å². The van der Waals surface area contributed by atoms with Crippen LogP contribution in [0.5, 0.6) is 0 Å². The molecule has 5 rings (SSSR count). The third-order valence-corrected chi connectivity index (χ3v) is 6.67. The summed E-state index contributed by atoms with van der Waals surface area (Å²) in [4.78, 5) is 31.3. The third kappa shape index (κ3) is 3.23. The smallest absolute Gasteiger partial charge is 0.225 e. The molecule has 2 fully saturated rings. The van der Waals surface area contributed by atoms with Crippen molar-refractivity contribution in [1.29, 1.82) is 0 Å². The zero-order chi connectivity index (χ0) is 20.7. The van der Waals surface area contributed by atoms with Crippen LogP contribution in [0.2, 0.25) is 0 Å². The molecule has 30 heavy (non-hydrogen) atoms. The first-order valence-electron chi connectivity index (χ1n) is 10.7. The number of fused-ring (bicyclic) bond motifs is 2. The summed E-state index contributed by atoms with van der Waals surface area (Å²) >= 11 is 0. The van der Waals surface area contributed by atoms with E-state index < -0.39 is 0 Å². The van der Waals surface area contributed by atoms with Gasteiger partial charge in [-0.2, -0.15) is 0 Å². The summed E-state index contributed by atoms with van der Waals surface area (Å²) in [5.74, 6) is 0.306. The van der Waals surface area contributed by atoms with Crippen LogP contribution in [0.1, 0.15) is 48.3 Å². The van der Waals surface area contributed by atoms with Gasteiger partial charge in [-0.05, 0) is 30.0 Å². The molecule has 0 bridgehead atoms. The molecule has 3 heterocycles. The van der Waals surface area contributed by atoms with E-state index in [9.17, 15) is 9.59 Å². The van der Waals surface area contributed by atoms with E-state index in [1.807, 2.05) is 53.4 Å². The minimum atomic E-state index is -0.248. The Balaban J connectivity index is 1.36. The number of ether oxygens (including phenoxy) is 1. The van der Waals surface area contributed by atoms with Crippen molar-refractivity contribution < 1.29 is 14.3 Å². The van der Waals surface area contributed by atoms with Gasteiger partial charge in [0.15, 0.2) is 5.78 Å². The second-order valence-electron chi connectivity index (χ2n) is 8.39. The number of aromatic nitrogens is 1. The fourth-order valence-electron chi connectivity index (χ4n) is 5.15. The summed E-state index contributed by atoms with van der Waals surface area (Å²) in [6.45, 7) is 2.64. The first-order valence-corrected chi connectivity index (χ1v) is 10.7. The van der Waals surface area contributed by atoms with Crippen molar-refractivity contribution in [1.82, 2.24) is 9.88 Å². The Hall–Kier alpha value is -2.92. The molecular weight excluding hydrogens is 376 g/mol. The topological polar surface area (TPSA) is 62.4 Å². The Kier molecular flexibility index (Phi) is 4.91. The van der Waals surface area contributed by atoms with Crippen LogP contribution in [-0.4, -0.2) is 34.4 Å². The van der Waals surface area contributed by atoms with Gasteiger partial charge in [-0.3, -0.25) is 9.59 Å².